The molecule has 104 valence electrons. The van der Waals surface area contributed by atoms with Crippen molar-refractivity contribution in [3.8, 4) is 0 Å². The standard InChI is InChI=1S/C14H23N5/c1-14(2,3)19-11-13(10-17-19)9-15-5-4-7-18-8-6-16-12-18/h6,8,10-12,15H,4-5,7,9H2,1-3H3. The number of aryl methyl sites for hydroxylation is 1. The molecule has 2 heterocycles. The zero-order valence-electron chi connectivity index (χ0n) is 12.0. The third-order valence-electron chi connectivity index (χ3n) is 2.98. The van der Waals surface area contributed by atoms with Crippen molar-refractivity contribution in [3.05, 3.63) is 36.7 Å². The summed E-state index contributed by atoms with van der Waals surface area (Å²) in [7, 11) is 0. The van der Waals surface area contributed by atoms with Crippen LogP contribution in [0.25, 0.3) is 0 Å². The predicted molar refractivity (Wildman–Crippen MR) is 75.8 cm³/mol. The highest BCUT2D eigenvalue weighted by Crippen LogP contribution is 2.12. The molecule has 2 aromatic rings. The summed E-state index contributed by atoms with van der Waals surface area (Å²) in [5.74, 6) is 0. The summed E-state index contributed by atoms with van der Waals surface area (Å²) < 4.78 is 4.11. The van der Waals surface area contributed by atoms with Crippen molar-refractivity contribution in [2.24, 2.45) is 0 Å². The number of hydrogen-bond acceptors (Lipinski definition) is 3. The van der Waals surface area contributed by atoms with Crippen molar-refractivity contribution in [2.45, 2.75) is 45.8 Å². The summed E-state index contributed by atoms with van der Waals surface area (Å²) in [4.78, 5) is 4.03. The highest BCUT2D eigenvalue weighted by Gasteiger charge is 2.13. The lowest BCUT2D eigenvalue weighted by molar-refractivity contribution is 0.355. The van der Waals surface area contributed by atoms with E-state index in [1.807, 2.05) is 29.6 Å². The Kier molecular flexibility index (Phi) is 4.37. The van der Waals surface area contributed by atoms with Gasteiger partial charge in [0.1, 0.15) is 0 Å². The van der Waals surface area contributed by atoms with Gasteiger partial charge in [0, 0.05) is 37.2 Å². The Morgan fingerprint density at radius 3 is 2.79 bits per heavy atom. The van der Waals surface area contributed by atoms with E-state index in [1.54, 1.807) is 0 Å². The summed E-state index contributed by atoms with van der Waals surface area (Å²) in [6, 6.07) is 0. The molecule has 19 heavy (non-hydrogen) atoms. The Labute approximate surface area is 114 Å². The molecule has 0 aromatic carbocycles. The lowest BCUT2D eigenvalue weighted by Gasteiger charge is -2.18. The van der Waals surface area contributed by atoms with Crippen LogP contribution in [-0.4, -0.2) is 25.9 Å². The first kappa shape index (κ1) is 13.8. The van der Waals surface area contributed by atoms with Crippen molar-refractivity contribution in [1.29, 1.82) is 0 Å². The molecule has 5 nitrogen and oxygen atoms in total. The number of rotatable bonds is 6. The molecule has 1 N–H and O–H groups in total. The molecule has 0 fully saturated rings. The average molecular weight is 261 g/mol. The van der Waals surface area contributed by atoms with Gasteiger partial charge in [-0.05, 0) is 33.7 Å². The summed E-state index contributed by atoms with van der Waals surface area (Å²) in [6.45, 7) is 9.35. The van der Waals surface area contributed by atoms with Crippen LogP contribution in [0.3, 0.4) is 0 Å². The maximum Gasteiger partial charge on any atom is 0.0945 e. The summed E-state index contributed by atoms with van der Waals surface area (Å²) >= 11 is 0. The lowest BCUT2D eigenvalue weighted by atomic mass is 10.1. The van der Waals surface area contributed by atoms with E-state index < -0.39 is 0 Å². The fourth-order valence-electron chi connectivity index (χ4n) is 1.86. The van der Waals surface area contributed by atoms with E-state index in [0.717, 1.165) is 26.1 Å². The minimum atomic E-state index is 0.0552. The zero-order chi connectivity index (χ0) is 13.7. The first-order valence-electron chi connectivity index (χ1n) is 6.76. The number of hydrogen-bond donors (Lipinski definition) is 1. The van der Waals surface area contributed by atoms with Gasteiger partial charge in [-0.15, -0.1) is 0 Å². The summed E-state index contributed by atoms with van der Waals surface area (Å²) in [6.07, 6.45) is 10.8. The maximum absolute atomic E-state index is 4.39. The van der Waals surface area contributed by atoms with Crippen LogP contribution in [-0.2, 0) is 18.6 Å². The second-order valence-corrected chi connectivity index (χ2v) is 5.79. The van der Waals surface area contributed by atoms with E-state index in [1.165, 1.54) is 5.56 Å². The van der Waals surface area contributed by atoms with Crippen molar-refractivity contribution in [3.63, 3.8) is 0 Å². The zero-order valence-corrected chi connectivity index (χ0v) is 12.0. The largest absolute Gasteiger partial charge is 0.337 e. The molecule has 0 aliphatic rings. The molecular weight excluding hydrogens is 238 g/mol. The van der Waals surface area contributed by atoms with Gasteiger partial charge in [-0.3, -0.25) is 4.68 Å². The van der Waals surface area contributed by atoms with Crippen LogP contribution >= 0.6 is 0 Å². The number of nitrogens with one attached hydrogen (secondary N) is 1. The van der Waals surface area contributed by atoms with Gasteiger partial charge in [0.05, 0.1) is 18.1 Å². The van der Waals surface area contributed by atoms with Gasteiger partial charge in [-0.2, -0.15) is 5.10 Å². The number of aromatic nitrogens is 4. The second kappa shape index (κ2) is 6.02. The molecule has 0 spiro atoms. The molecule has 0 bridgehead atoms. The van der Waals surface area contributed by atoms with Gasteiger partial charge in [0.15, 0.2) is 0 Å². The van der Waals surface area contributed by atoms with Crippen LogP contribution in [0.15, 0.2) is 31.1 Å². The molecule has 5 heteroatoms. The fraction of sp³-hybridized carbons (Fsp3) is 0.571. The average Bonchev–Trinajstić information content (AvgIpc) is 2.97. The SMILES string of the molecule is CC(C)(C)n1cc(CNCCCn2ccnc2)cn1. The predicted octanol–water partition coefficient (Wildman–Crippen LogP) is 2.01. The van der Waals surface area contributed by atoms with Crippen LogP contribution in [0.4, 0.5) is 0 Å². The third-order valence-corrected chi connectivity index (χ3v) is 2.98. The summed E-state index contributed by atoms with van der Waals surface area (Å²) in [5, 5.41) is 7.83. The number of nitrogens with zero attached hydrogens (tertiary/aromatic N) is 4. The van der Waals surface area contributed by atoms with E-state index in [9.17, 15) is 0 Å². The van der Waals surface area contributed by atoms with Gasteiger partial charge < -0.3 is 9.88 Å². The molecule has 0 atom stereocenters. The minimum absolute atomic E-state index is 0.0552. The Morgan fingerprint density at radius 2 is 2.16 bits per heavy atom. The first-order valence-corrected chi connectivity index (χ1v) is 6.76. The van der Waals surface area contributed by atoms with E-state index in [2.05, 4.69) is 46.9 Å². The molecule has 0 saturated heterocycles. The van der Waals surface area contributed by atoms with Crippen molar-refractivity contribution < 1.29 is 0 Å². The molecule has 2 rings (SSSR count). The number of imidazole rings is 1. The lowest BCUT2D eigenvalue weighted by Crippen LogP contribution is -2.22. The van der Waals surface area contributed by atoms with Crippen molar-refractivity contribution in [2.75, 3.05) is 6.54 Å². The van der Waals surface area contributed by atoms with Crippen molar-refractivity contribution in [1.82, 2.24) is 24.6 Å². The maximum atomic E-state index is 4.39. The third kappa shape index (κ3) is 4.21. The minimum Gasteiger partial charge on any atom is -0.337 e. The Morgan fingerprint density at radius 1 is 1.32 bits per heavy atom. The van der Waals surface area contributed by atoms with Crippen LogP contribution in [0, 0.1) is 0 Å². The normalized spacial score (nSPS) is 11.9. The second-order valence-electron chi connectivity index (χ2n) is 5.79. The van der Waals surface area contributed by atoms with Gasteiger partial charge in [0.2, 0.25) is 0 Å². The topological polar surface area (TPSA) is 47.7 Å². The molecule has 0 aliphatic heterocycles. The van der Waals surface area contributed by atoms with E-state index >= 15 is 0 Å². The highest BCUT2D eigenvalue weighted by atomic mass is 15.3. The molecule has 0 aliphatic carbocycles. The first-order chi connectivity index (χ1) is 9.05. The van der Waals surface area contributed by atoms with Crippen LogP contribution in [0.2, 0.25) is 0 Å². The Balaban J connectivity index is 1.67. The summed E-state index contributed by atoms with van der Waals surface area (Å²) in [5.41, 5.74) is 1.29. The van der Waals surface area contributed by atoms with Crippen molar-refractivity contribution >= 4 is 0 Å². The van der Waals surface area contributed by atoms with Crippen LogP contribution < -0.4 is 5.32 Å². The van der Waals surface area contributed by atoms with E-state index in [-0.39, 0.29) is 5.54 Å². The Hall–Kier alpha value is -1.62. The monoisotopic (exact) mass is 261 g/mol. The molecule has 0 amide bonds. The molecule has 0 saturated carbocycles. The highest BCUT2D eigenvalue weighted by molar-refractivity contribution is 5.04. The quantitative estimate of drug-likeness (QED) is 0.809. The van der Waals surface area contributed by atoms with E-state index in [0.29, 0.717) is 0 Å². The van der Waals surface area contributed by atoms with Gasteiger partial charge >= 0.3 is 0 Å². The smallest absolute Gasteiger partial charge is 0.0945 e. The molecular formula is C14H23N5. The van der Waals surface area contributed by atoms with Gasteiger partial charge in [0.25, 0.3) is 0 Å². The van der Waals surface area contributed by atoms with E-state index in [4.69, 9.17) is 0 Å². The van der Waals surface area contributed by atoms with Gasteiger partial charge in [-0.25, -0.2) is 4.98 Å². The molecule has 0 unspecified atom stereocenters. The van der Waals surface area contributed by atoms with Gasteiger partial charge in [-0.1, -0.05) is 0 Å². The van der Waals surface area contributed by atoms with Crippen LogP contribution in [0.5, 0.6) is 0 Å². The Bertz CT molecular complexity index is 478. The molecule has 2 aromatic heterocycles. The fourth-order valence-corrected chi connectivity index (χ4v) is 1.86. The molecule has 0 radical (unpaired) electrons. The van der Waals surface area contributed by atoms with Crippen LogP contribution in [0.1, 0.15) is 32.8 Å².